The number of aromatic amines is 1. The Morgan fingerprint density at radius 1 is 1.16 bits per heavy atom. The highest BCUT2D eigenvalue weighted by molar-refractivity contribution is 6.31. The second-order valence-corrected chi connectivity index (χ2v) is 6.03. The Labute approximate surface area is 148 Å². The molecule has 6 heteroatoms. The second kappa shape index (κ2) is 7.40. The lowest BCUT2D eigenvalue weighted by Gasteiger charge is -2.08. The van der Waals surface area contributed by atoms with Crippen molar-refractivity contribution in [3.05, 3.63) is 75.0 Å². The number of aromatic nitrogens is 1. The van der Waals surface area contributed by atoms with Crippen LogP contribution in [0.3, 0.4) is 0 Å². The molecule has 0 aliphatic heterocycles. The Bertz CT molecular complexity index is 966. The molecule has 0 aliphatic carbocycles. The number of ether oxygens (including phenoxy) is 1. The van der Waals surface area contributed by atoms with Crippen molar-refractivity contribution in [2.24, 2.45) is 0 Å². The lowest BCUT2D eigenvalue weighted by atomic mass is 10.1. The van der Waals surface area contributed by atoms with E-state index in [1.54, 1.807) is 6.07 Å². The molecule has 0 spiro atoms. The van der Waals surface area contributed by atoms with E-state index in [1.165, 1.54) is 12.1 Å². The van der Waals surface area contributed by atoms with Gasteiger partial charge in [-0.3, -0.25) is 4.79 Å². The third kappa shape index (κ3) is 3.83. The zero-order valence-corrected chi connectivity index (χ0v) is 14.0. The Hall–Kier alpha value is -2.79. The molecule has 1 aromatic heterocycles. The second-order valence-electron chi connectivity index (χ2n) is 5.59. The van der Waals surface area contributed by atoms with Crippen molar-refractivity contribution < 1.29 is 14.6 Å². The van der Waals surface area contributed by atoms with E-state index in [-0.39, 0.29) is 6.61 Å². The first-order valence-corrected chi connectivity index (χ1v) is 8.19. The topological polar surface area (TPSA) is 79.4 Å². The van der Waals surface area contributed by atoms with Crippen molar-refractivity contribution in [1.29, 1.82) is 0 Å². The fraction of sp³-hybridized carbons (Fsp3) is 0.158. The molecule has 0 saturated heterocycles. The number of hydrogen-bond acceptors (Lipinski definition) is 4. The largest absolute Gasteiger partial charge is 0.506 e. The molecule has 0 atom stereocenters. The van der Waals surface area contributed by atoms with Gasteiger partial charge in [-0.2, -0.15) is 0 Å². The number of benzene rings is 2. The molecule has 0 saturated carbocycles. The highest BCUT2D eigenvalue weighted by atomic mass is 35.5. The molecular formula is C19H16ClNO4. The lowest BCUT2D eigenvalue weighted by Crippen LogP contribution is -2.20. The number of carbonyl (C=O) groups is 1. The van der Waals surface area contributed by atoms with Crippen LogP contribution in [0, 0.1) is 0 Å². The molecule has 0 amide bonds. The highest BCUT2D eigenvalue weighted by Gasteiger charge is 2.20. The minimum Gasteiger partial charge on any atom is -0.506 e. The van der Waals surface area contributed by atoms with Gasteiger partial charge in [-0.05, 0) is 36.6 Å². The predicted octanol–water partition coefficient (Wildman–Crippen LogP) is 3.68. The van der Waals surface area contributed by atoms with Crippen molar-refractivity contribution in [3.63, 3.8) is 0 Å². The molecule has 3 aromatic rings. The summed E-state index contributed by atoms with van der Waals surface area (Å²) >= 11 is 5.87. The summed E-state index contributed by atoms with van der Waals surface area (Å²) in [4.78, 5) is 26.8. The van der Waals surface area contributed by atoms with Crippen molar-refractivity contribution in [2.75, 3.05) is 6.61 Å². The standard InChI is InChI=1S/C19H16ClNO4/c20-13-8-9-14-15(11-13)21-18(23)16(17(14)22)19(24)25-10-4-7-12-5-2-1-3-6-12/h1-3,5-6,8-9,11H,4,7,10H2,(H2,21,22,23). The molecule has 2 aromatic carbocycles. The van der Waals surface area contributed by atoms with Gasteiger partial charge in [0.1, 0.15) is 5.75 Å². The number of hydrogen-bond donors (Lipinski definition) is 2. The Balaban J connectivity index is 1.71. The molecule has 25 heavy (non-hydrogen) atoms. The van der Waals surface area contributed by atoms with Crippen LogP contribution in [0.25, 0.3) is 10.9 Å². The number of pyridine rings is 1. The van der Waals surface area contributed by atoms with E-state index in [9.17, 15) is 14.7 Å². The summed E-state index contributed by atoms with van der Waals surface area (Å²) in [7, 11) is 0. The smallest absolute Gasteiger partial charge is 0.347 e. The van der Waals surface area contributed by atoms with E-state index in [1.807, 2.05) is 30.3 Å². The van der Waals surface area contributed by atoms with Gasteiger partial charge in [-0.15, -0.1) is 0 Å². The fourth-order valence-corrected chi connectivity index (χ4v) is 2.77. The van der Waals surface area contributed by atoms with Gasteiger partial charge >= 0.3 is 5.97 Å². The van der Waals surface area contributed by atoms with Crippen molar-refractivity contribution in [2.45, 2.75) is 12.8 Å². The van der Waals surface area contributed by atoms with E-state index in [4.69, 9.17) is 16.3 Å². The molecule has 0 unspecified atom stereocenters. The Kier molecular flexibility index (Phi) is 5.05. The maximum absolute atomic E-state index is 12.2. The van der Waals surface area contributed by atoms with Gasteiger partial charge in [0.05, 0.1) is 12.1 Å². The van der Waals surface area contributed by atoms with Crippen LogP contribution in [0.1, 0.15) is 22.3 Å². The molecule has 128 valence electrons. The van der Waals surface area contributed by atoms with E-state index in [0.717, 1.165) is 12.0 Å². The van der Waals surface area contributed by atoms with Crippen LogP contribution >= 0.6 is 11.6 Å². The summed E-state index contributed by atoms with van der Waals surface area (Å²) in [6.45, 7) is 0.158. The van der Waals surface area contributed by atoms with Gasteiger partial charge in [0.15, 0.2) is 5.56 Å². The molecule has 0 fully saturated rings. The third-order valence-corrected chi connectivity index (χ3v) is 4.07. The van der Waals surface area contributed by atoms with Crippen LogP contribution in [-0.4, -0.2) is 22.7 Å². The average Bonchev–Trinajstić information content (AvgIpc) is 2.59. The van der Waals surface area contributed by atoms with Crippen LogP contribution in [0.4, 0.5) is 0 Å². The van der Waals surface area contributed by atoms with Crippen LogP contribution < -0.4 is 5.56 Å². The first-order valence-electron chi connectivity index (χ1n) is 7.82. The van der Waals surface area contributed by atoms with Gasteiger partial charge in [0.2, 0.25) is 0 Å². The van der Waals surface area contributed by atoms with E-state index >= 15 is 0 Å². The number of nitrogens with one attached hydrogen (secondary N) is 1. The number of aromatic hydroxyl groups is 1. The summed E-state index contributed by atoms with van der Waals surface area (Å²) < 4.78 is 5.14. The number of rotatable bonds is 5. The number of esters is 1. The molecule has 2 N–H and O–H groups in total. The Morgan fingerprint density at radius 2 is 1.92 bits per heavy atom. The fourth-order valence-electron chi connectivity index (χ4n) is 2.60. The molecule has 0 radical (unpaired) electrons. The summed E-state index contributed by atoms with van der Waals surface area (Å²) in [6, 6.07) is 14.4. The zero-order chi connectivity index (χ0) is 17.8. The Morgan fingerprint density at radius 3 is 2.68 bits per heavy atom. The van der Waals surface area contributed by atoms with E-state index in [0.29, 0.717) is 22.3 Å². The molecule has 5 nitrogen and oxygen atoms in total. The number of halogens is 1. The average molecular weight is 358 g/mol. The van der Waals surface area contributed by atoms with Crippen LogP contribution in [0.15, 0.2) is 53.3 Å². The highest BCUT2D eigenvalue weighted by Crippen LogP contribution is 2.27. The van der Waals surface area contributed by atoms with Crippen molar-refractivity contribution in [3.8, 4) is 5.75 Å². The monoisotopic (exact) mass is 357 g/mol. The van der Waals surface area contributed by atoms with Gasteiger partial charge < -0.3 is 14.8 Å². The summed E-state index contributed by atoms with van der Waals surface area (Å²) in [5, 5.41) is 11.0. The maximum atomic E-state index is 12.2. The third-order valence-electron chi connectivity index (χ3n) is 3.84. The maximum Gasteiger partial charge on any atom is 0.347 e. The summed E-state index contributed by atoms with van der Waals surface area (Å²) in [6.07, 6.45) is 1.38. The lowest BCUT2D eigenvalue weighted by molar-refractivity contribution is 0.0495. The minimum absolute atomic E-state index is 0.158. The normalized spacial score (nSPS) is 10.8. The van der Waals surface area contributed by atoms with E-state index < -0.39 is 22.8 Å². The van der Waals surface area contributed by atoms with Gasteiger partial charge in [-0.1, -0.05) is 41.9 Å². The number of H-pyrrole nitrogens is 1. The number of carbonyl (C=O) groups excluding carboxylic acids is 1. The first-order chi connectivity index (χ1) is 12.1. The molecule has 3 rings (SSSR count). The molecule has 0 bridgehead atoms. The molecular weight excluding hydrogens is 342 g/mol. The predicted molar refractivity (Wildman–Crippen MR) is 96.3 cm³/mol. The van der Waals surface area contributed by atoms with Gasteiger partial charge in [0.25, 0.3) is 5.56 Å². The first kappa shape index (κ1) is 17.0. The van der Waals surface area contributed by atoms with Crippen molar-refractivity contribution >= 4 is 28.5 Å². The van der Waals surface area contributed by atoms with E-state index in [2.05, 4.69) is 4.98 Å². The van der Waals surface area contributed by atoms with Crippen LogP contribution in [-0.2, 0) is 11.2 Å². The molecule has 1 heterocycles. The van der Waals surface area contributed by atoms with Crippen LogP contribution in [0.2, 0.25) is 5.02 Å². The number of fused-ring (bicyclic) bond motifs is 1. The van der Waals surface area contributed by atoms with Crippen LogP contribution in [0.5, 0.6) is 5.75 Å². The molecule has 0 aliphatic rings. The minimum atomic E-state index is -0.844. The summed E-state index contributed by atoms with van der Waals surface area (Å²) in [5.41, 5.74) is 0.396. The quantitative estimate of drug-likeness (QED) is 0.539. The zero-order valence-electron chi connectivity index (χ0n) is 13.3. The van der Waals surface area contributed by atoms with Crippen molar-refractivity contribution in [1.82, 2.24) is 4.98 Å². The SMILES string of the molecule is O=C(OCCCc1ccccc1)c1c(O)c2ccc(Cl)cc2[nH]c1=O. The summed E-state index contributed by atoms with van der Waals surface area (Å²) in [5.74, 6) is -1.24. The van der Waals surface area contributed by atoms with Gasteiger partial charge in [-0.25, -0.2) is 4.79 Å². The number of aryl methyl sites for hydroxylation is 1. The van der Waals surface area contributed by atoms with Gasteiger partial charge in [0, 0.05) is 10.4 Å².